The molecule has 1 fully saturated rings. The van der Waals surface area contributed by atoms with E-state index in [-0.39, 0.29) is 0 Å². The van der Waals surface area contributed by atoms with Crippen molar-refractivity contribution < 1.29 is 9.47 Å². The average Bonchev–Trinajstić information content (AvgIpc) is 2.61. The maximum absolute atomic E-state index is 5.78. The van der Waals surface area contributed by atoms with Crippen LogP contribution in [0.5, 0.6) is 11.5 Å². The van der Waals surface area contributed by atoms with E-state index in [1.165, 1.54) is 44.7 Å². The van der Waals surface area contributed by atoms with Gasteiger partial charge in [-0.2, -0.15) is 0 Å². The molecule has 5 heteroatoms. The van der Waals surface area contributed by atoms with Crippen molar-refractivity contribution in [3.05, 3.63) is 35.9 Å². The van der Waals surface area contributed by atoms with Crippen LogP contribution in [0.3, 0.4) is 0 Å². The molecule has 0 spiro atoms. The summed E-state index contributed by atoms with van der Waals surface area (Å²) in [7, 11) is 3.86. The van der Waals surface area contributed by atoms with Gasteiger partial charge >= 0.3 is 0 Å². The summed E-state index contributed by atoms with van der Waals surface area (Å²) in [5.41, 5.74) is 2.20. The van der Waals surface area contributed by atoms with Crippen LogP contribution in [0.2, 0.25) is 0 Å². The molecule has 1 aliphatic heterocycles. The summed E-state index contributed by atoms with van der Waals surface area (Å²) < 4.78 is 11.1. The third-order valence-electron chi connectivity index (χ3n) is 4.46. The Morgan fingerprint density at radius 3 is 2.64 bits per heavy atom. The summed E-state index contributed by atoms with van der Waals surface area (Å²) in [6.45, 7) is 14.2. The van der Waals surface area contributed by atoms with Gasteiger partial charge in [-0.15, -0.1) is 0 Å². The normalized spacial score (nSPS) is 16.0. The van der Waals surface area contributed by atoms with Crippen molar-refractivity contribution in [1.82, 2.24) is 15.1 Å². The lowest BCUT2D eigenvalue weighted by Crippen LogP contribution is -2.45. The van der Waals surface area contributed by atoms with Crippen LogP contribution in [0.1, 0.15) is 18.9 Å². The van der Waals surface area contributed by atoms with Crippen LogP contribution < -0.4 is 14.8 Å². The Labute approximate surface area is 152 Å². The van der Waals surface area contributed by atoms with Crippen LogP contribution in [-0.4, -0.2) is 69.8 Å². The van der Waals surface area contributed by atoms with Gasteiger partial charge in [0.1, 0.15) is 6.61 Å². The number of hydrogen-bond donors (Lipinski definition) is 1. The number of nitrogens with zero attached hydrogens (tertiary/aromatic N) is 2. The molecule has 1 aliphatic rings. The predicted molar refractivity (Wildman–Crippen MR) is 104 cm³/mol. The Morgan fingerprint density at radius 1 is 1.20 bits per heavy atom. The van der Waals surface area contributed by atoms with E-state index < -0.39 is 0 Å². The van der Waals surface area contributed by atoms with Crippen LogP contribution in [0, 0.1) is 0 Å². The lowest BCUT2D eigenvalue weighted by Gasteiger charge is -2.32. The second kappa shape index (κ2) is 10.4. The van der Waals surface area contributed by atoms with Gasteiger partial charge < -0.3 is 24.6 Å². The Bertz CT molecular complexity index is 540. The Morgan fingerprint density at radius 2 is 1.96 bits per heavy atom. The van der Waals surface area contributed by atoms with Gasteiger partial charge in [-0.25, -0.2) is 0 Å². The third kappa shape index (κ3) is 7.06. The molecule has 0 amide bonds. The minimum atomic E-state index is 0.512. The first kappa shape index (κ1) is 19.8. The Hall–Kier alpha value is -1.56. The van der Waals surface area contributed by atoms with Crippen LogP contribution in [0.15, 0.2) is 30.4 Å². The molecule has 0 radical (unpaired) electrons. The van der Waals surface area contributed by atoms with Gasteiger partial charge in [0.05, 0.1) is 7.11 Å². The van der Waals surface area contributed by atoms with Crippen molar-refractivity contribution >= 4 is 0 Å². The fourth-order valence-corrected chi connectivity index (χ4v) is 2.88. The summed E-state index contributed by atoms with van der Waals surface area (Å²) in [5.74, 6) is 1.54. The maximum atomic E-state index is 5.78. The second-order valence-electron chi connectivity index (χ2n) is 6.91. The number of ether oxygens (including phenoxy) is 2. The number of piperazine rings is 1. The minimum Gasteiger partial charge on any atom is -0.493 e. The Kier molecular flexibility index (Phi) is 8.25. The summed E-state index contributed by atoms with van der Waals surface area (Å²) in [6.07, 6.45) is 1.18. The van der Waals surface area contributed by atoms with Crippen molar-refractivity contribution in [3.63, 3.8) is 0 Å². The number of benzene rings is 1. The van der Waals surface area contributed by atoms with E-state index >= 15 is 0 Å². The summed E-state index contributed by atoms with van der Waals surface area (Å²) in [6, 6.07) is 6.10. The second-order valence-corrected chi connectivity index (χ2v) is 6.91. The molecule has 0 aromatic heterocycles. The third-order valence-corrected chi connectivity index (χ3v) is 4.46. The van der Waals surface area contributed by atoms with Gasteiger partial charge in [0.2, 0.25) is 0 Å². The van der Waals surface area contributed by atoms with Gasteiger partial charge in [-0.1, -0.05) is 12.6 Å². The fraction of sp³-hybridized carbons (Fsp3) is 0.600. The van der Waals surface area contributed by atoms with E-state index in [4.69, 9.17) is 9.47 Å². The lowest BCUT2D eigenvalue weighted by molar-refractivity contribution is 0.153. The molecule has 1 aromatic rings. The van der Waals surface area contributed by atoms with Gasteiger partial charge in [-0.05, 0) is 56.8 Å². The number of rotatable bonds is 10. The summed E-state index contributed by atoms with van der Waals surface area (Å²) in [4.78, 5) is 4.95. The molecular weight excluding hydrogens is 314 g/mol. The molecule has 0 aliphatic carbocycles. The molecule has 2 rings (SSSR count). The standard InChI is InChI=1S/C20H33N3O2/c1-17(2)16-25-20-14-18(6-7-19(20)24-4)15-21-8-5-9-23-12-10-22(3)11-13-23/h6-7,14,21H,1,5,8-13,15-16H2,2-4H3. The molecule has 1 saturated heterocycles. The highest BCUT2D eigenvalue weighted by Gasteiger charge is 2.12. The molecule has 25 heavy (non-hydrogen) atoms. The molecule has 5 nitrogen and oxygen atoms in total. The van der Waals surface area contributed by atoms with E-state index in [1.54, 1.807) is 7.11 Å². The van der Waals surface area contributed by atoms with Gasteiger partial charge in [0.15, 0.2) is 11.5 Å². The van der Waals surface area contributed by atoms with E-state index in [2.05, 4.69) is 40.9 Å². The Balaban J connectivity index is 1.71. The van der Waals surface area contributed by atoms with Crippen molar-refractivity contribution in [2.45, 2.75) is 19.9 Å². The van der Waals surface area contributed by atoms with Crippen LogP contribution in [-0.2, 0) is 6.54 Å². The molecule has 0 bridgehead atoms. The molecule has 1 heterocycles. The molecule has 1 aromatic carbocycles. The minimum absolute atomic E-state index is 0.512. The van der Waals surface area contributed by atoms with E-state index in [9.17, 15) is 0 Å². The van der Waals surface area contributed by atoms with Gasteiger partial charge in [-0.3, -0.25) is 0 Å². The molecule has 140 valence electrons. The average molecular weight is 348 g/mol. The van der Waals surface area contributed by atoms with Crippen LogP contribution >= 0.6 is 0 Å². The van der Waals surface area contributed by atoms with Crippen molar-refractivity contribution in [2.24, 2.45) is 0 Å². The highest BCUT2D eigenvalue weighted by atomic mass is 16.5. The molecule has 0 unspecified atom stereocenters. The smallest absolute Gasteiger partial charge is 0.161 e. The van der Waals surface area contributed by atoms with Crippen molar-refractivity contribution in [2.75, 3.05) is 60.0 Å². The molecule has 1 N–H and O–H groups in total. The maximum Gasteiger partial charge on any atom is 0.161 e. The highest BCUT2D eigenvalue weighted by molar-refractivity contribution is 5.43. The van der Waals surface area contributed by atoms with Crippen molar-refractivity contribution in [3.8, 4) is 11.5 Å². The quantitative estimate of drug-likeness (QED) is 0.519. The first-order valence-corrected chi connectivity index (χ1v) is 9.14. The number of nitrogens with one attached hydrogen (secondary N) is 1. The molecule has 0 saturated carbocycles. The first-order valence-electron chi connectivity index (χ1n) is 9.14. The monoisotopic (exact) mass is 347 g/mol. The first-order chi connectivity index (χ1) is 12.1. The predicted octanol–water partition coefficient (Wildman–Crippen LogP) is 2.38. The zero-order valence-corrected chi connectivity index (χ0v) is 16.0. The SMILES string of the molecule is C=C(C)COc1cc(CNCCCN2CCN(C)CC2)ccc1OC. The largest absolute Gasteiger partial charge is 0.493 e. The molecule has 0 atom stereocenters. The number of likely N-dealkylation sites (N-methyl/N-ethyl adjacent to an activating group) is 1. The van der Waals surface area contributed by atoms with E-state index in [0.29, 0.717) is 6.61 Å². The van der Waals surface area contributed by atoms with Gasteiger partial charge in [0, 0.05) is 32.7 Å². The summed E-state index contributed by atoms with van der Waals surface area (Å²) >= 11 is 0. The van der Waals surface area contributed by atoms with E-state index in [0.717, 1.165) is 30.2 Å². The van der Waals surface area contributed by atoms with Crippen molar-refractivity contribution in [1.29, 1.82) is 0 Å². The summed E-state index contributed by atoms with van der Waals surface area (Å²) in [5, 5.41) is 3.53. The number of hydrogen-bond acceptors (Lipinski definition) is 5. The van der Waals surface area contributed by atoms with E-state index in [1.807, 2.05) is 13.0 Å². The molecular formula is C20H33N3O2. The number of methoxy groups -OCH3 is 1. The highest BCUT2D eigenvalue weighted by Crippen LogP contribution is 2.28. The van der Waals surface area contributed by atoms with Crippen LogP contribution in [0.4, 0.5) is 0 Å². The topological polar surface area (TPSA) is 37.0 Å². The van der Waals surface area contributed by atoms with Gasteiger partial charge in [0.25, 0.3) is 0 Å². The zero-order valence-electron chi connectivity index (χ0n) is 16.0. The van der Waals surface area contributed by atoms with Crippen LogP contribution in [0.25, 0.3) is 0 Å². The fourth-order valence-electron chi connectivity index (χ4n) is 2.88. The lowest BCUT2D eigenvalue weighted by atomic mass is 10.2. The zero-order chi connectivity index (χ0) is 18.1.